The van der Waals surface area contributed by atoms with Crippen LogP contribution in [-0.4, -0.2) is 23.2 Å². The summed E-state index contributed by atoms with van der Waals surface area (Å²) in [5.41, 5.74) is 1.18. The summed E-state index contributed by atoms with van der Waals surface area (Å²) in [6, 6.07) is 8.20. The molecule has 4 heteroatoms. The first-order valence-electron chi connectivity index (χ1n) is 6.13. The molecule has 1 heterocycles. The van der Waals surface area contributed by atoms with Crippen LogP contribution >= 0.6 is 15.9 Å². The maximum atomic E-state index is 10.8. The largest absolute Gasteiger partial charge is 0.481 e. The summed E-state index contributed by atoms with van der Waals surface area (Å²) >= 11 is 3.43. The Morgan fingerprint density at radius 1 is 1.44 bits per heavy atom. The second-order valence-corrected chi connectivity index (χ2v) is 6.48. The summed E-state index contributed by atoms with van der Waals surface area (Å²) < 4.78 is 1.06. The highest BCUT2D eigenvalue weighted by atomic mass is 79.9. The van der Waals surface area contributed by atoms with E-state index in [1.807, 2.05) is 12.1 Å². The van der Waals surface area contributed by atoms with Gasteiger partial charge in [-0.2, -0.15) is 0 Å². The van der Waals surface area contributed by atoms with Crippen molar-refractivity contribution in [2.75, 3.05) is 11.4 Å². The molecule has 0 bridgehead atoms. The van der Waals surface area contributed by atoms with Crippen molar-refractivity contribution in [1.29, 1.82) is 0 Å². The SMILES string of the molecule is CC1(C)CC(CC(=O)O)CN1c1ccc(Br)cc1. The summed E-state index contributed by atoms with van der Waals surface area (Å²) in [5.74, 6) is -0.463. The number of halogens is 1. The highest BCUT2D eigenvalue weighted by molar-refractivity contribution is 9.10. The predicted molar refractivity (Wildman–Crippen MR) is 75.9 cm³/mol. The third-order valence-electron chi connectivity index (χ3n) is 3.56. The van der Waals surface area contributed by atoms with Gasteiger partial charge in [0.1, 0.15) is 0 Å². The molecule has 1 atom stereocenters. The van der Waals surface area contributed by atoms with Crippen molar-refractivity contribution in [2.24, 2.45) is 5.92 Å². The Labute approximate surface area is 116 Å². The summed E-state index contributed by atoms with van der Waals surface area (Å²) in [6.07, 6.45) is 1.19. The molecule has 1 unspecified atom stereocenters. The van der Waals surface area contributed by atoms with E-state index in [0.29, 0.717) is 0 Å². The van der Waals surface area contributed by atoms with Crippen molar-refractivity contribution < 1.29 is 9.90 Å². The summed E-state index contributed by atoms with van der Waals surface area (Å²) in [7, 11) is 0. The molecule has 0 spiro atoms. The lowest BCUT2D eigenvalue weighted by atomic mass is 9.94. The van der Waals surface area contributed by atoms with Crippen molar-refractivity contribution in [2.45, 2.75) is 32.2 Å². The van der Waals surface area contributed by atoms with E-state index in [0.717, 1.165) is 23.1 Å². The van der Waals surface area contributed by atoms with E-state index >= 15 is 0 Å². The third-order valence-corrected chi connectivity index (χ3v) is 4.09. The maximum Gasteiger partial charge on any atom is 0.303 e. The Kier molecular flexibility index (Phi) is 3.66. The third kappa shape index (κ3) is 2.86. The zero-order chi connectivity index (χ0) is 13.3. The van der Waals surface area contributed by atoms with Gasteiger partial charge in [0.2, 0.25) is 0 Å². The van der Waals surface area contributed by atoms with Gasteiger partial charge in [-0.05, 0) is 50.5 Å². The van der Waals surface area contributed by atoms with Crippen LogP contribution in [-0.2, 0) is 4.79 Å². The molecule has 18 heavy (non-hydrogen) atoms. The van der Waals surface area contributed by atoms with Crippen molar-refractivity contribution in [3.63, 3.8) is 0 Å². The standard InChI is InChI=1S/C14H18BrNO2/c1-14(2)8-10(7-13(17)18)9-16(14)12-5-3-11(15)4-6-12/h3-6,10H,7-9H2,1-2H3,(H,17,18). The Bertz CT molecular complexity index is 442. The lowest BCUT2D eigenvalue weighted by Gasteiger charge is -2.33. The first-order valence-corrected chi connectivity index (χ1v) is 6.93. The fourth-order valence-electron chi connectivity index (χ4n) is 2.85. The molecule has 1 N–H and O–H groups in total. The van der Waals surface area contributed by atoms with Gasteiger partial charge in [0.15, 0.2) is 0 Å². The molecule has 0 saturated carbocycles. The van der Waals surface area contributed by atoms with Gasteiger partial charge in [0.25, 0.3) is 0 Å². The lowest BCUT2D eigenvalue weighted by Crippen LogP contribution is -2.38. The molecule has 1 aromatic carbocycles. The van der Waals surface area contributed by atoms with Gasteiger partial charge in [0, 0.05) is 28.7 Å². The van der Waals surface area contributed by atoms with Gasteiger partial charge in [-0.25, -0.2) is 0 Å². The van der Waals surface area contributed by atoms with E-state index in [4.69, 9.17) is 5.11 Å². The summed E-state index contributed by atoms with van der Waals surface area (Å²) in [6.45, 7) is 5.18. The molecule has 1 fully saturated rings. The van der Waals surface area contributed by atoms with Crippen molar-refractivity contribution >= 4 is 27.6 Å². The van der Waals surface area contributed by atoms with Crippen molar-refractivity contribution in [1.82, 2.24) is 0 Å². The van der Waals surface area contributed by atoms with Crippen LogP contribution in [0, 0.1) is 5.92 Å². The second-order valence-electron chi connectivity index (χ2n) is 5.57. The first kappa shape index (κ1) is 13.4. The van der Waals surface area contributed by atoms with E-state index in [9.17, 15) is 4.79 Å². The fourth-order valence-corrected chi connectivity index (χ4v) is 3.11. The van der Waals surface area contributed by atoms with Gasteiger partial charge >= 0.3 is 5.97 Å². The molecule has 0 radical (unpaired) electrons. The number of hydrogen-bond donors (Lipinski definition) is 1. The van der Waals surface area contributed by atoms with E-state index in [-0.39, 0.29) is 17.9 Å². The van der Waals surface area contributed by atoms with Crippen LogP contribution in [0.1, 0.15) is 26.7 Å². The molecule has 1 aliphatic heterocycles. The molecule has 1 saturated heterocycles. The fraction of sp³-hybridized carbons (Fsp3) is 0.500. The van der Waals surface area contributed by atoms with Crippen LogP contribution in [0.2, 0.25) is 0 Å². The van der Waals surface area contributed by atoms with Crippen LogP contribution in [0.25, 0.3) is 0 Å². The zero-order valence-electron chi connectivity index (χ0n) is 10.7. The average molecular weight is 312 g/mol. The topological polar surface area (TPSA) is 40.5 Å². The van der Waals surface area contributed by atoms with Crippen LogP contribution in [0.5, 0.6) is 0 Å². The highest BCUT2D eigenvalue weighted by Crippen LogP contribution is 2.38. The second kappa shape index (κ2) is 4.92. The number of carboxylic acid groups (broad SMARTS) is 1. The minimum Gasteiger partial charge on any atom is -0.481 e. The molecule has 0 aliphatic carbocycles. The van der Waals surface area contributed by atoms with Crippen molar-refractivity contribution in [3.05, 3.63) is 28.7 Å². The van der Waals surface area contributed by atoms with Crippen LogP contribution in [0.15, 0.2) is 28.7 Å². The van der Waals surface area contributed by atoms with Gasteiger partial charge < -0.3 is 10.0 Å². The monoisotopic (exact) mass is 311 g/mol. The Morgan fingerprint density at radius 3 is 2.61 bits per heavy atom. The Hall–Kier alpha value is -1.03. The Morgan fingerprint density at radius 2 is 2.06 bits per heavy atom. The highest BCUT2D eigenvalue weighted by Gasteiger charge is 2.38. The number of carbonyl (C=O) groups is 1. The minimum absolute atomic E-state index is 0.0218. The molecule has 1 aromatic rings. The summed E-state index contributed by atoms with van der Waals surface area (Å²) in [4.78, 5) is 13.1. The molecular weight excluding hydrogens is 294 g/mol. The Balaban J connectivity index is 2.17. The van der Waals surface area contributed by atoms with Crippen LogP contribution in [0.4, 0.5) is 5.69 Å². The zero-order valence-corrected chi connectivity index (χ0v) is 12.3. The number of anilines is 1. The van der Waals surface area contributed by atoms with E-state index < -0.39 is 5.97 Å². The molecular formula is C14H18BrNO2. The van der Waals surface area contributed by atoms with E-state index in [2.05, 4.69) is 46.8 Å². The number of carboxylic acids is 1. The minimum atomic E-state index is -0.701. The molecule has 2 rings (SSSR count). The molecule has 98 valence electrons. The summed E-state index contributed by atoms with van der Waals surface area (Å²) in [5, 5.41) is 8.91. The normalized spacial score (nSPS) is 22.2. The quantitative estimate of drug-likeness (QED) is 0.928. The number of hydrogen-bond acceptors (Lipinski definition) is 2. The van der Waals surface area contributed by atoms with Crippen molar-refractivity contribution in [3.8, 4) is 0 Å². The smallest absolute Gasteiger partial charge is 0.303 e. The predicted octanol–water partition coefficient (Wildman–Crippen LogP) is 3.53. The number of nitrogens with zero attached hydrogens (tertiary/aromatic N) is 1. The number of benzene rings is 1. The lowest BCUT2D eigenvalue weighted by molar-refractivity contribution is -0.137. The maximum absolute atomic E-state index is 10.8. The van der Waals surface area contributed by atoms with Gasteiger partial charge in [-0.15, -0.1) is 0 Å². The van der Waals surface area contributed by atoms with Gasteiger partial charge in [0.05, 0.1) is 0 Å². The molecule has 0 aromatic heterocycles. The van der Waals surface area contributed by atoms with Crippen LogP contribution < -0.4 is 4.90 Å². The van der Waals surface area contributed by atoms with E-state index in [1.165, 1.54) is 0 Å². The van der Waals surface area contributed by atoms with Crippen LogP contribution in [0.3, 0.4) is 0 Å². The molecule has 3 nitrogen and oxygen atoms in total. The number of aliphatic carboxylic acids is 1. The van der Waals surface area contributed by atoms with Gasteiger partial charge in [-0.3, -0.25) is 4.79 Å². The molecule has 0 amide bonds. The first-order chi connectivity index (χ1) is 8.38. The van der Waals surface area contributed by atoms with Gasteiger partial charge in [-0.1, -0.05) is 15.9 Å². The average Bonchev–Trinajstić information content (AvgIpc) is 2.53. The van der Waals surface area contributed by atoms with E-state index in [1.54, 1.807) is 0 Å². The number of rotatable bonds is 3. The molecule has 1 aliphatic rings.